The van der Waals surface area contributed by atoms with Crippen LogP contribution in [-0.4, -0.2) is 52.5 Å². The smallest absolute Gasteiger partial charge is 0.322 e. The fourth-order valence-electron chi connectivity index (χ4n) is 3.45. The summed E-state index contributed by atoms with van der Waals surface area (Å²) in [4.78, 5) is 29.0. The van der Waals surface area contributed by atoms with Crippen LogP contribution in [0.25, 0.3) is 0 Å². The first-order chi connectivity index (χ1) is 14.0. The van der Waals surface area contributed by atoms with E-state index < -0.39 is 6.04 Å². The van der Waals surface area contributed by atoms with Crippen LogP contribution >= 0.6 is 0 Å². The zero-order valence-corrected chi connectivity index (χ0v) is 16.1. The summed E-state index contributed by atoms with van der Waals surface area (Å²) in [6.07, 6.45) is 1.30. The highest BCUT2D eigenvalue weighted by molar-refractivity contribution is 5.94. The van der Waals surface area contributed by atoms with Crippen LogP contribution in [0.1, 0.15) is 18.4 Å². The molecule has 0 bridgehead atoms. The first-order valence-electron chi connectivity index (χ1n) is 9.58. The van der Waals surface area contributed by atoms with Gasteiger partial charge in [0.25, 0.3) is 0 Å². The SMILES string of the molecule is NCCN(Cc1ccc(F)cc1)C(=O)[C@H]1CCCN1C(=O)Nc1ccc(O)cc1. The third-order valence-electron chi connectivity index (χ3n) is 4.91. The number of carbonyl (C=O) groups is 2. The Hall–Kier alpha value is -3.13. The normalized spacial score (nSPS) is 15.9. The Labute approximate surface area is 168 Å². The van der Waals surface area contributed by atoms with E-state index >= 15 is 0 Å². The van der Waals surface area contributed by atoms with Crippen LogP contribution in [0.4, 0.5) is 14.9 Å². The number of likely N-dealkylation sites (tertiary alicyclic amines) is 1. The minimum Gasteiger partial charge on any atom is -0.508 e. The third-order valence-corrected chi connectivity index (χ3v) is 4.91. The van der Waals surface area contributed by atoms with Crippen molar-refractivity contribution in [2.75, 3.05) is 25.0 Å². The number of phenolic OH excluding ortho intramolecular Hbond substituents is 1. The largest absolute Gasteiger partial charge is 0.508 e. The van der Waals surface area contributed by atoms with Gasteiger partial charge in [-0.1, -0.05) is 12.1 Å². The molecule has 2 aromatic carbocycles. The molecular weight excluding hydrogens is 375 g/mol. The van der Waals surface area contributed by atoms with Crippen molar-refractivity contribution < 1.29 is 19.1 Å². The average molecular weight is 400 g/mol. The molecule has 7 nitrogen and oxygen atoms in total. The molecule has 3 amide bonds. The summed E-state index contributed by atoms with van der Waals surface area (Å²) in [7, 11) is 0. The summed E-state index contributed by atoms with van der Waals surface area (Å²) in [6, 6.07) is 11.2. The van der Waals surface area contributed by atoms with Crippen LogP contribution in [0, 0.1) is 5.82 Å². The fraction of sp³-hybridized carbons (Fsp3) is 0.333. The molecule has 1 fully saturated rings. The number of urea groups is 1. The average Bonchev–Trinajstić information content (AvgIpc) is 3.20. The number of benzene rings is 2. The van der Waals surface area contributed by atoms with E-state index in [2.05, 4.69) is 5.32 Å². The summed E-state index contributed by atoms with van der Waals surface area (Å²) in [5.74, 6) is -0.396. The van der Waals surface area contributed by atoms with Gasteiger partial charge in [0.15, 0.2) is 0 Å². The first-order valence-corrected chi connectivity index (χ1v) is 9.58. The first kappa shape index (κ1) is 20.6. The van der Waals surface area contributed by atoms with E-state index in [9.17, 15) is 19.1 Å². The number of halogens is 1. The Morgan fingerprint density at radius 3 is 2.52 bits per heavy atom. The van der Waals surface area contributed by atoms with E-state index in [4.69, 9.17) is 5.73 Å². The Morgan fingerprint density at radius 2 is 1.86 bits per heavy atom. The monoisotopic (exact) mass is 400 g/mol. The lowest BCUT2D eigenvalue weighted by molar-refractivity contribution is -0.135. The molecule has 0 aliphatic carbocycles. The molecule has 8 heteroatoms. The van der Waals surface area contributed by atoms with E-state index in [-0.39, 0.29) is 23.5 Å². The van der Waals surface area contributed by atoms with Gasteiger partial charge in [-0.05, 0) is 54.8 Å². The van der Waals surface area contributed by atoms with Crippen molar-refractivity contribution in [2.45, 2.75) is 25.4 Å². The van der Waals surface area contributed by atoms with Crippen molar-refractivity contribution >= 4 is 17.6 Å². The van der Waals surface area contributed by atoms with Crippen molar-refractivity contribution in [3.8, 4) is 5.75 Å². The summed E-state index contributed by atoms with van der Waals surface area (Å²) >= 11 is 0. The minimum absolute atomic E-state index is 0.107. The molecule has 1 heterocycles. The second-order valence-electron chi connectivity index (χ2n) is 7.00. The molecule has 0 spiro atoms. The van der Waals surface area contributed by atoms with Gasteiger partial charge in [0, 0.05) is 31.9 Å². The standard InChI is InChI=1S/C21H25FN4O3/c22-16-5-3-15(4-6-16)14-25(13-11-23)20(28)19-2-1-12-26(19)21(29)24-17-7-9-18(27)10-8-17/h3-10,19,27H,1-2,11-14,23H2,(H,24,29)/t19-/m1/s1. The Morgan fingerprint density at radius 1 is 1.17 bits per heavy atom. The van der Waals surface area contributed by atoms with Gasteiger partial charge in [-0.3, -0.25) is 4.79 Å². The highest BCUT2D eigenvalue weighted by atomic mass is 19.1. The Bertz CT molecular complexity index is 842. The van der Waals surface area contributed by atoms with Crippen LogP contribution in [0.3, 0.4) is 0 Å². The Balaban J connectivity index is 1.69. The maximum atomic E-state index is 13.2. The molecule has 0 unspecified atom stereocenters. The van der Waals surface area contributed by atoms with Gasteiger partial charge in [-0.15, -0.1) is 0 Å². The lowest BCUT2D eigenvalue weighted by Gasteiger charge is -2.30. The number of carbonyl (C=O) groups excluding carboxylic acids is 2. The number of anilines is 1. The summed E-state index contributed by atoms with van der Waals surface area (Å²) in [5.41, 5.74) is 7.02. The number of aromatic hydroxyl groups is 1. The molecule has 0 saturated carbocycles. The van der Waals surface area contributed by atoms with E-state index in [0.717, 1.165) is 12.0 Å². The van der Waals surface area contributed by atoms with Gasteiger partial charge in [0.1, 0.15) is 17.6 Å². The van der Waals surface area contributed by atoms with Gasteiger partial charge < -0.3 is 26.0 Å². The van der Waals surface area contributed by atoms with E-state index in [1.165, 1.54) is 29.2 Å². The van der Waals surface area contributed by atoms with E-state index in [1.807, 2.05) is 0 Å². The van der Waals surface area contributed by atoms with E-state index in [1.54, 1.807) is 29.2 Å². The molecule has 0 radical (unpaired) electrons. The predicted molar refractivity (Wildman–Crippen MR) is 108 cm³/mol. The second kappa shape index (κ2) is 9.38. The zero-order chi connectivity index (χ0) is 20.8. The number of amides is 3. The quantitative estimate of drug-likeness (QED) is 0.649. The highest BCUT2D eigenvalue weighted by Gasteiger charge is 2.36. The van der Waals surface area contributed by atoms with Crippen molar-refractivity contribution in [1.82, 2.24) is 9.80 Å². The van der Waals surface area contributed by atoms with Crippen LogP contribution < -0.4 is 11.1 Å². The van der Waals surface area contributed by atoms with Crippen LogP contribution in [0.2, 0.25) is 0 Å². The molecule has 4 N–H and O–H groups in total. The lowest BCUT2D eigenvalue weighted by atomic mass is 10.1. The Kier molecular flexibility index (Phi) is 6.66. The van der Waals surface area contributed by atoms with Gasteiger partial charge >= 0.3 is 6.03 Å². The van der Waals surface area contributed by atoms with Gasteiger partial charge in [-0.2, -0.15) is 0 Å². The van der Waals surface area contributed by atoms with Crippen molar-refractivity contribution in [3.63, 3.8) is 0 Å². The number of hydrogen-bond donors (Lipinski definition) is 3. The molecule has 154 valence electrons. The minimum atomic E-state index is -0.570. The maximum absolute atomic E-state index is 13.2. The number of phenols is 1. The number of nitrogens with two attached hydrogens (primary N) is 1. The molecule has 2 aromatic rings. The topological polar surface area (TPSA) is 98.9 Å². The van der Waals surface area contributed by atoms with Gasteiger partial charge in [-0.25, -0.2) is 9.18 Å². The van der Waals surface area contributed by atoms with Gasteiger partial charge in [0.2, 0.25) is 5.91 Å². The number of nitrogens with one attached hydrogen (secondary N) is 1. The summed E-state index contributed by atoms with van der Waals surface area (Å²) in [6.45, 7) is 1.42. The predicted octanol–water partition coefficient (Wildman–Crippen LogP) is 2.52. The molecule has 1 aliphatic heterocycles. The molecule has 3 rings (SSSR count). The summed E-state index contributed by atoms with van der Waals surface area (Å²) in [5, 5.41) is 12.1. The van der Waals surface area contributed by atoms with Crippen LogP contribution in [0.5, 0.6) is 5.75 Å². The molecule has 1 atom stereocenters. The van der Waals surface area contributed by atoms with Crippen molar-refractivity contribution in [3.05, 3.63) is 59.9 Å². The summed E-state index contributed by atoms with van der Waals surface area (Å²) < 4.78 is 13.2. The lowest BCUT2D eigenvalue weighted by Crippen LogP contribution is -2.49. The molecular formula is C21H25FN4O3. The van der Waals surface area contributed by atoms with Crippen molar-refractivity contribution in [2.24, 2.45) is 5.73 Å². The zero-order valence-electron chi connectivity index (χ0n) is 16.1. The van der Waals surface area contributed by atoms with Crippen LogP contribution in [0.15, 0.2) is 48.5 Å². The number of hydrogen-bond acceptors (Lipinski definition) is 4. The van der Waals surface area contributed by atoms with Crippen molar-refractivity contribution in [1.29, 1.82) is 0 Å². The molecule has 1 aliphatic rings. The third kappa shape index (κ3) is 5.23. The molecule has 0 aromatic heterocycles. The second-order valence-corrected chi connectivity index (χ2v) is 7.00. The molecule has 29 heavy (non-hydrogen) atoms. The fourth-order valence-corrected chi connectivity index (χ4v) is 3.45. The molecule has 1 saturated heterocycles. The van der Waals surface area contributed by atoms with Crippen LogP contribution in [-0.2, 0) is 11.3 Å². The highest BCUT2D eigenvalue weighted by Crippen LogP contribution is 2.22. The number of nitrogens with zero attached hydrogens (tertiary/aromatic N) is 2. The van der Waals surface area contributed by atoms with E-state index in [0.29, 0.717) is 38.3 Å². The number of rotatable bonds is 6. The van der Waals surface area contributed by atoms with Gasteiger partial charge in [0.05, 0.1) is 0 Å². The maximum Gasteiger partial charge on any atom is 0.322 e.